The number of thiophene rings is 1. The highest BCUT2D eigenvalue weighted by molar-refractivity contribution is 7.17. The highest BCUT2D eigenvalue weighted by atomic mass is 32.1. The van der Waals surface area contributed by atoms with Crippen LogP contribution in [-0.4, -0.2) is 60.5 Å². The van der Waals surface area contributed by atoms with Crippen molar-refractivity contribution >= 4 is 52.1 Å². The summed E-state index contributed by atoms with van der Waals surface area (Å²) in [6.45, 7) is 5.35. The van der Waals surface area contributed by atoms with E-state index in [0.717, 1.165) is 55.1 Å². The number of ether oxygens (including phenoxy) is 1. The number of hydrogen-bond donors (Lipinski definition) is 2. The predicted molar refractivity (Wildman–Crippen MR) is 195 cm³/mol. The molecule has 10 nitrogen and oxygen atoms in total. The van der Waals surface area contributed by atoms with Crippen LogP contribution in [0.15, 0.2) is 85.2 Å². The van der Waals surface area contributed by atoms with E-state index in [1.54, 1.807) is 78.8 Å². The number of hydrogen-bond acceptors (Lipinski definition) is 8. The lowest BCUT2D eigenvalue weighted by Gasteiger charge is -2.53. The van der Waals surface area contributed by atoms with E-state index in [4.69, 9.17) is 4.74 Å². The number of rotatable bonds is 6. The van der Waals surface area contributed by atoms with Crippen LogP contribution >= 0.6 is 11.3 Å². The molecule has 0 saturated carbocycles. The monoisotopic (exact) mass is 702 g/mol. The average molecular weight is 703 g/mol. The van der Waals surface area contributed by atoms with Gasteiger partial charge in [0.1, 0.15) is 17.5 Å². The van der Waals surface area contributed by atoms with Crippen LogP contribution in [0.5, 0.6) is 0 Å². The van der Waals surface area contributed by atoms with Crippen LogP contribution in [-0.2, 0) is 11.2 Å². The summed E-state index contributed by atoms with van der Waals surface area (Å²) < 4.78 is 20.0. The number of benzene rings is 2. The van der Waals surface area contributed by atoms with E-state index < -0.39 is 11.7 Å². The summed E-state index contributed by atoms with van der Waals surface area (Å²) >= 11 is 1.29. The van der Waals surface area contributed by atoms with Crippen molar-refractivity contribution in [2.45, 2.75) is 26.2 Å². The lowest BCUT2D eigenvalue weighted by molar-refractivity contribution is -0.000510. The first-order chi connectivity index (χ1) is 24.8. The van der Waals surface area contributed by atoms with Gasteiger partial charge in [-0.15, -0.1) is 11.3 Å². The van der Waals surface area contributed by atoms with E-state index in [-0.39, 0.29) is 22.9 Å². The number of nitrogens with one attached hydrogen (secondary N) is 2. The SMILES string of the molecule is Cc1cccc(F)c1NC(=O)c1cc2c(s1)-c1cccnc1N(C(=O)c1ccc(NC(=O)c3cccnc3N3CC4(CCOCC4)C3)cc1)CC2. The number of fused-ring (bicyclic) bond motifs is 3. The van der Waals surface area contributed by atoms with E-state index in [1.807, 2.05) is 12.1 Å². The quantitative estimate of drug-likeness (QED) is 0.196. The highest BCUT2D eigenvalue weighted by Gasteiger charge is 2.45. The number of halogens is 1. The summed E-state index contributed by atoms with van der Waals surface area (Å²) in [6, 6.07) is 20.5. The Morgan fingerprint density at radius 2 is 1.63 bits per heavy atom. The van der Waals surface area contributed by atoms with E-state index in [1.165, 1.54) is 17.4 Å². The Balaban J connectivity index is 0.968. The first kappa shape index (κ1) is 32.7. The summed E-state index contributed by atoms with van der Waals surface area (Å²) in [5.41, 5.74) is 4.19. The van der Waals surface area contributed by atoms with Crippen molar-refractivity contribution < 1.29 is 23.5 Å². The number of carbonyl (C=O) groups excluding carboxylic acids is 3. The standard InChI is InChI=1S/C39H35FN6O4S/c1-24-5-2-8-30(40)32(24)44-37(48)31-21-26-13-18-46(35-28(33(26)51-31)6-3-17-42-35)38(49)25-9-11-27(12-10-25)43-36(47)29-7-4-16-41-34(29)45-22-39(23-45)14-19-50-20-15-39/h2-12,16-17,21H,13-15,18-20,22-23H2,1H3,(H,43,47)(H,44,48). The molecule has 2 saturated heterocycles. The molecular formula is C39H35FN6O4S. The summed E-state index contributed by atoms with van der Waals surface area (Å²) in [5, 5.41) is 5.70. The van der Waals surface area contributed by atoms with Gasteiger partial charge in [0, 0.05) is 72.3 Å². The summed E-state index contributed by atoms with van der Waals surface area (Å²) in [7, 11) is 0. The third-order valence-electron chi connectivity index (χ3n) is 9.96. The number of anilines is 4. The van der Waals surface area contributed by atoms with Crippen molar-refractivity contribution in [2.75, 3.05) is 53.3 Å². The number of carbonyl (C=O) groups is 3. The van der Waals surface area contributed by atoms with E-state index >= 15 is 0 Å². The topological polar surface area (TPSA) is 117 Å². The smallest absolute Gasteiger partial charge is 0.265 e. The maximum absolute atomic E-state index is 14.4. The van der Waals surface area contributed by atoms with E-state index in [2.05, 4.69) is 25.5 Å². The van der Waals surface area contributed by atoms with Gasteiger partial charge in [-0.05, 0) is 98.0 Å². The maximum Gasteiger partial charge on any atom is 0.265 e. The van der Waals surface area contributed by atoms with Crippen LogP contribution in [0.2, 0.25) is 0 Å². The second kappa shape index (κ2) is 13.3. The first-order valence-electron chi connectivity index (χ1n) is 16.9. The van der Waals surface area contributed by atoms with Crippen molar-refractivity contribution in [1.29, 1.82) is 0 Å². The number of pyridine rings is 2. The molecule has 51 heavy (non-hydrogen) atoms. The van der Waals surface area contributed by atoms with Crippen molar-refractivity contribution in [3.05, 3.63) is 118 Å². The Kier molecular flexibility index (Phi) is 8.56. The van der Waals surface area contributed by atoms with Crippen LogP contribution in [0, 0.1) is 18.2 Å². The predicted octanol–water partition coefficient (Wildman–Crippen LogP) is 6.98. The molecule has 0 bridgehead atoms. The Morgan fingerprint density at radius 1 is 0.882 bits per heavy atom. The number of aryl methyl sites for hydroxylation is 1. The second-order valence-electron chi connectivity index (χ2n) is 13.3. The van der Waals surface area contributed by atoms with Gasteiger partial charge in [-0.2, -0.15) is 0 Å². The number of nitrogens with zero attached hydrogens (tertiary/aromatic N) is 4. The van der Waals surface area contributed by atoms with Gasteiger partial charge in [-0.25, -0.2) is 14.4 Å². The molecule has 1 spiro atoms. The van der Waals surface area contributed by atoms with Crippen LogP contribution in [0.4, 0.5) is 27.4 Å². The first-order valence-corrected chi connectivity index (χ1v) is 17.8. The molecule has 0 aliphatic carbocycles. The van der Waals surface area contributed by atoms with E-state index in [9.17, 15) is 18.8 Å². The minimum atomic E-state index is -0.492. The zero-order valence-corrected chi connectivity index (χ0v) is 28.8. The minimum absolute atomic E-state index is 0.160. The molecule has 0 radical (unpaired) electrons. The molecule has 3 amide bonds. The van der Waals surface area contributed by atoms with Crippen molar-refractivity contribution in [2.24, 2.45) is 5.41 Å². The zero-order chi connectivity index (χ0) is 35.1. The van der Waals surface area contributed by atoms with Crippen molar-refractivity contribution in [1.82, 2.24) is 9.97 Å². The summed E-state index contributed by atoms with van der Waals surface area (Å²) in [5.74, 6) is -0.211. The Hall–Kier alpha value is -5.46. The molecule has 2 N–H and O–H groups in total. The van der Waals surface area contributed by atoms with Crippen LogP contribution in [0.1, 0.15) is 54.4 Å². The fraction of sp³-hybridized carbons (Fsp3) is 0.256. The Labute approximate surface area is 298 Å². The molecule has 3 aliphatic heterocycles. The number of aromatic nitrogens is 2. The molecule has 3 aromatic heterocycles. The Bertz CT molecular complexity index is 2140. The second-order valence-corrected chi connectivity index (χ2v) is 14.4. The van der Waals surface area contributed by atoms with Crippen LogP contribution < -0.4 is 20.4 Å². The lowest BCUT2D eigenvalue weighted by Crippen LogP contribution is -2.59. The number of para-hydroxylation sites is 1. The van der Waals surface area contributed by atoms with Gasteiger partial charge in [0.15, 0.2) is 0 Å². The van der Waals surface area contributed by atoms with Crippen molar-refractivity contribution in [3.8, 4) is 10.4 Å². The fourth-order valence-corrected chi connectivity index (χ4v) is 8.28. The lowest BCUT2D eigenvalue weighted by atomic mass is 9.73. The summed E-state index contributed by atoms with van der Waals surface area (Å²) in [6.07, 6.45) is 5.89. The molecule has 258 valence electrons. The maximum atomic E-state index is 14.4. The number of amides is 3. The molecule has 0 unspecified atom stereocenters. The molecule has 2 aromatic carbocycles. The molecule has 5 aromatic rings. The summed E-state index contributed by atoms with van der Waals surface area (Å²) in [4.78, 5) is 54.8. The van der Waals surface area contributed by atoms with Gasteiger partial charge in [0.05, 0.1) is 16.1 Å². The minimum Gasteiger partial charge on any atom is -0.381 e. The van der Waals surface area contributed by atoms with Gasteiger partial charge < -0.3 is 20.3 Å². The third-order valence-corrected chi connectivity index (χ3v) is 11.2. The van der Waals surface area contributed by atoms with Gasteiger partial charge in [-0.3, -0.25) is 19.3 Å². The molecule has 3 aliphatic rings. The van der Waals surface area contributed by atoms with Gasteiger partial charge in [-0.1, -0.05) is 12.1 Å². The Morgan fingerprint density at radius 3 is 2.39 bits per heavy atom. The molecule has 0 atom stereocenters. The normalized spacial score (nSPS) is 16.0. The molecule has 12 heteroatoms. The molecule has 2 fully saturated rings. The fourth-order valence-electron chi connectivity index (χ4n) is 7.16. The van der Waals surface area contributed by atoms with Gasteiger partial charge >= 0.3 is 0 Å². The van der Waals surface area contributed by atoms with Gasteiger partial charge in [0.2, 0.25) is 0 Å². The van der Waals surface area contributed by atoms with Gasteiger partial charge in [0.25, 0.3) is 17.7 Å². The third kappa shape index (κ3) is 6.25. The van der Waals surface area contributed by atoms with Crippen LogP contribution in [0.3, 0.4) is 0 Å². The van der Waals surface area contributed by atoms with Crippen LogP contribution in [0.25, 0.3) is 10.4 Å². The van der Waals surface area contributed by atoms with Crippen molar-refractivity contribution in [3.63, 3.8) is 0 Å². The zero-order valence-electron chi connectivity index (χ0n) is 27.9. The largest absolute Gasteiger partial charge is 0.381 e. The molecular weight excluding hydrogens is 668 g/mol. The molecule has 6 heterocycles. The highest BCUT2D eigenvalue weighted by Crippen LogP contribution is 2.43. The average Bonchev–Trinajstić information content (AvgIpc) is 3.50. The van der Waals surface area contributed by atoms with E-state index in [0.29, 0.717) is 51.9 Å². The molecule has 8 rings (SSSR count).